The molecular formula is C13H13ClF2. The maximum Gasteiger partial charge on any atom is 0.166 e. The van der Waals surface area contributed by atoms with E-state index in [0.717, 1.165) is 37.3 Å². The first-order valence-corrected chi connectivity index (χ1v) is 5.91. The second kappa shape index (κ2) is 4.96. The molecule has 86 valence electrons. The minimum Gasteiger partial charge on any atom is -0.204 e. The zero-order valence-corrected chi connectivity index (χ0v) is 9.61. The first kappa shape index (κ1) is 11.6. The largest absolute Gasteiger partial charge is 0.204 e. The summed E-state index contributed by atoms with van der Waals surface area (Å²) in [5.41, 5.74) is 1.18. The lowest BCUT2D eigenvalue weighted by atomic mass is 10.0. The van der Waals surface area contributed by atoms with Crippen molar-refractivity contribution in [3.8, 4) is 0 Å². The van der Waals surface area contributed by atoms with Gasteiger partial charge in [-0.1, -0.05) is 24.6 Å². The molecule has 1 unspecified atom stereocenters. The lowest BCUT2D eigenvalue weighted by Crippen LogP contribution is -1.95. The van der Waals surface area contributed by atoms with Crippen LogP contribution in [0.5, 0.6) is 0 Å². The topological polar surface area (TPSA) is 0 Å². The fourth-order valence-electron chi connectivity index (χ4n) is 2.02. The first-order valence-electron chi connectivity index (χ1n) is 5.47. The highest BCUT2D eigenvalue weighted by molar-refractivity contribution is 6.22. The summed E-state index contributed by atoms with van der Waals surface area (Å²) in [6, 6.07) is 4.27. The SMILES string of the molecule is Fc1cccc(C2=CC(Cl)CCCC2)c1F. The van der Waals surface area contributed by atoms with Crippen LogP contribution < -0.4 is 0 Å². The molecule has 0 amide bonds. The van der Waals surface area contributed by atoms with Gasteiger partial charge in [-0.15, -0.1) is 11.6 Å². The van der Waals surface area contributed by atoms with E-state index in [1.807, 2.05) is 6.08 Å². The van der Waals surface area contributed by atoms with Gasteiger partial charge in [0.1, 0.15) is 0 Å². The monoisotopic (exact) mass is 242 g/mol. The van der Waals surface area contributed by atoms with E-state index in [-0.39, 0.29) is 5.38 Å². The molecule has 16 heavy (non-hydrogen) atoms. The van der Waals surface area contributed by atoms with Crippen molar-refractivity contribution >= 4 is 17.2 Å². The molecule has 0 nitrogen and oxygen atoms in total. The lowest BCUT2D eigenvalue weighted by molar-refractivity contribution is 0.506. The Morgan fingerprint density at radius 1 is 1.19 bits per heavy atom. The van der Waals surface area contributed by atoms with Crippen LogP contribution >= 0.6 is 11.6 Å². The third-order valence-electron chi connectivity index (χ3n) is 2.86. The van der Waals surface area contributed by atoms with Crippen molar-refractivity contribution in [1.29, 1.82) is 0 Å². The van der Waals surface area contributed by atoms with Gasteiger partial charge in [0.25, 0.3) is 0 Å². The van der Waals surface area contributed by atoms with Gasteiger partial charge in [-0.25, -0.2) is 8.78 Å². The molecule has 0 aliphatic heterocycles. The Hall–Kier alpha value is -0.890. The zero-order chi connectivity index (χ0) is 11.5. The Bertz CT molecular complexity index is 412. The molecule has 0 saturated carbocycles. The number of halogens is 3. The summed E-state index contributed by atoms with van der Waals surface area (Å²) >= 11 is 6.07. The highest BCUT2D eigenvalue weighted by Crippen LogP contribution is 2.30. The molecule has 0 radical (unpaired) electrons. The molecule has 0 aromatic heterocycles. The molecule has 1 aromatic rings. The summed E-state index contributed by atoms with van der Waals surface area (Å²) in [6.45, 7) is 0. The van der Waals surface area contributed by atoms with Crippen molar-refractivity contribution in [2.75, 3.05) is 0 Å². The molecule has 1 aromatic carbocycles. The predicted molar refractivity (Wildman–Crippen MR) is 62.4 cm³/mol. The van der Waals surface area contributed by atoms with E-state index in [2.05, 4.69) is 0 Å². The summed E-state index contributed by atoms with van der Waals surface area (Å²) in [5, 5.41) is -0.0693. The highest BCUT2D eigenvalue weighted by Gasteiger charge is 2.15. The fraction of sp³-hybridized carbons (Fsp3) is 0.385. The first-order chi connectivity index (χ1) is 7.68. The maximum absolute atomic E-state index is 13.6. The quantitative estimate of drug-likeness (QED) is 0.635. The van der Waals surface area contributed by atoms with E-state index in [0.29, 0.717) is 5.56 Å². The van der Waals surface area contributed by atoms with E-state index in [1.54, 1.807) is 6.07 Å². The van der Waals surface area contributed by atoms with Crippen molar-refractivity contribution in [2.24, 2.45) is 0 Å². The van der Waals surface area contributed by atoms with Crippen molar-refractivity contribution < 1.29 is 8.78 Å². The molecule has 1 aliphatic rings. The molecule has 0 fully saturated rings. The number of benzene rings is 1. The van der Waals surface area contributed by atoms with Crippen LogP contribution in [0.4, 0.5) is 8.78 Å². The normalized spacial score (nSPS) is 21.4. The maximum atomic E-state index is 13.6. The molecule has 2 rings (SSSR count). The summed E-state index contributed by atoms with van der Waals surface area (Å²) in [4.78, 5) is 0. The number of rotatable bonds is 1. The number of allylic oxidation sites excluding steroid dienone is 2. The van der Waals surface area contributed by atoms with Crippen molar-refractivity contribution in [3.05, 3.63) is 41.5 Å². The van der Waals surface area contributed by atoms with E-state index in [1.165, 1.54) is 6.07 Å². The molecule has 0 heterocycles. The van der Waals surface area contributed by atoms with Gasteiger partial charge >= 0.3 is 0 Å². The summed E-state index contributed by atoms with van der Waals surface area (Å²) < 4.78 is 26.7. The average Bonchev–Trinajstić information content (AvgIpc) is 2.47. The van der Waals surface area contributed by atoms with Gasteiger partial charge in [-0.05, 0) is 30.9 Å². The van der Waals surface area contributed by atoms with Crippen LogP contribution in [-0.2, 0) is 0 Å². The Balaban J connectivity index is 2.38. The van der Waals surface area contributed by atoms with Crippen LogP contribution in [0.1, 0.15) is 31.2 Å². The van der Waals surface area contributed by atoms with Crippen LogP contribution in [0.25, 0.3) is 5.57 Å². The van der Waals surface area contributed by atoms with Gasteiger partial charge in [-0.3, -0.25) is 0 Å². The van der Waals surface area contributed by atoms with Crippen LogP contribution in [0.3, 0.4) is 0 Å². The highest BCUT2D eigenvalue weighted by atomic mass is 35.5. The van der Waals surface area contributed by atoms with Gasteiger partial charge < -0.3 is 0 Å². The third kappa shape index (κ3) is 2.43. The second-order valence-corrected chi connectivity index (χ2v) is 4.62. The van der Waals surface area contributed by atoms with E-state index < -0.39 is 11.6 Å². The number of hydrogen-bond acceptors (Lipinski definition) is 0. The molecular weight excluding hydrogens is 230 g/mol. The van der Waals surface area contributed by atoms with Crippen molar-refractivity contribution in [2.45, 2.75) is 31.1 Å². The Morgan fingerprint density at radius 2 is 2.00 bits per heavy atom. The summed E-state index contributed by atoms with van der Waals surface area (Å²) in [5.74, 6) is -1.56. The predicted octanol–water partition coefficient (Wildman–Crippen LogP) is 4.53. The minimum absolute atomic E-state index is 0.0693. The van der Waals surface area contributed by atoms with Crippen molar-refractivity contribution in [3.63, 3.8) is 0 Å². The summed E-state index contributed by atoms with van der Waals surface area (Å²) in [6.07, 6.45) is 5.54. The van der Waals surface area contributed by atoms with Crippen LogP contribution in [0, 0.1) is 11.6 Å². The van der Waals surface area contributed by atoms with Crippen molar-refractivity contribution in [1.82, 2.24) is 0 Å². The van der Waals surface area contributed by atoms with Crippen LogP contribution in [-0.4, -0.2) is 5.38 Å². The molecule has 3 heteroatoms. The Kier molecular flexibility index (Phi) is 3.59. The molecule has 0 spiro atoms. The lowest BCUT2D eigenvalue weighted by Gasteiger charge is -2.08. The smallest absolute Gasteiger partial charge is 0.166 e. The second-order valence-electron chi connectivity index (χ2n) is 4.06. The van der Waals surface area contributed by atoms with E-state index in [9.17, 15) is 8.78 Å². The molecule has 1 atom stereocenters. The third-order valence-corrected chi connectivity index (χ3v) is 3.20. The van der Waals surface area contributed by atoms with Crippen LogP contribution in [0.2, 0.25) is 0 Å². The van der Waals surface area contributed by atoms with Gasteiger partial charge in [0.2, 0.25) is 0 Å². The average molecular weight is 243 g/mol. The zero-order valence-electron chi connectivity index (χ0n) is 8.85. The summed E-state index contributed by atoms with van der Waals surface area (Å²) in [7, 11) is 0. The number of hydrogen-bond donors (Lipinski definition) is 0. The fourth-order valence-corrected chi connectivity index (χ4v) is 2.32. The molecule has 0 saturated heterocycles. The Morgan fingerprint density at radius 3 is 2.81 bits per heavy atom. The van der Waals surface area contributed by atoms with E-state index >= 15 is 0 Å². The standard InChI is InChI=1S/C13H13ClF2/c14-10-5-2-1-4-9(8-10)11-6-3-7-12(15)13(11)16/h3,6-8,10H,1-2,4-5H2. The molecule has 0 N–H and O–H groups in total. The Labute approximate surface area is 98.9 Å². The molecule has 1 aliphatic carbocycles. The van der Waals surface area contributed by atoms with Gasteiger partial charge in [-0.2, -0.15) is 0 Å². The van der Waals surface area contributed by atoms with Gasteiger partial charge in [0, 0.05) is 5.56 Å². The minimum atomic E-state index is -0.797. The van der Waals surface area contributed by atoms with E-state index in [4.69, 9.17) is 11.6 Å². The van der Waals surface area contributed by atoms with Gasteiger partial charge in [0.15, 0.2) is 11.6 Å². The van der Waals surface area contributed by atoms with Crippen LogP contribution in [0.15, 0.2) is 24.3 Å². The molecule has 0 bridgehead atoms. The van der Waals surface area contributed by atoms with Gasteiger partial charge in [0.05, 0.1) is 5.38 Å². The number of alkyl halides is 1.